The summed E-state index contributed by atoms with van der Waals surface area (Å²) in [6, 6.07) is 0. The molecule has 2 N–H and O–H groups in total. The van der Waals surface area contributed by atoms with Crippen molar-refractivity contribution in [2.24, 2.45) is 0 Å². The van der Waals surface area contributed by atoms with E-state index in [2.05, 4.69) is 15.0 Å². The van der Waals surface area contributed by atoms with Crippen molar-refractivity contribution < 1.29 is 4.42 Å². The molecular formula is C7H10N4O. The Bertz CT molecular complexity index is 357. The van der Waals surface area contributed by atoms with E-state index >= 15 is 0 Å². The second-order valence-electron chi connectivity index (χ2n) is 1.78. The monoisotopic (exact) mass is 166 g/mol. The molecule has 0 unspecified atom stereocenters. The van der Waals surface area contributed by atoms with Gasteiger partial charge in [-0.2, -0.15) is 9.97 Å². The molecule has 5 heteroatoms. The third-order valence-electron chi connectivity index (χ3n) is 1.08. The van der Waals surface area contributed by atoms with Gasteiger partial charge in [0, 0.05) is 0 Å². The number of aromatic nitrogens is 3. The first kappa shape index (κ1) is 8.45. The van der Waals surface area contributed by atoms with Crippen molar-refractivity contribution in [2.75, 3.05) is 5.73 Å². The van der Waals surface area contributed by atoms with E-state index in [0.29, 0.717) is 17.2 Å². The third-order valence-corrected chi connectivity index (χ3v) is 1.08. The van der Waals surface area contributed by atoms with Gasteiger partial charge in [-0.3, -0.25) is 0 Å². The summed E-state index contributed by atoms with van der Waals surface area (Å²) in [7, 11) is 0. The summed E-state index contributed by atoms with van der Waals surface area (Å²) in [5.74, 6) is 0.337. The molecule has 0 amide bonds. The number of hydrogen-bond acceptors (Lipinski definition) is 5. The summed E-state index contributed by atoms with van der Waals surface area (Å²) in [4.78, 5) is 11.4. The number of nitrogens with zero attached hydrogens (tertiary/aromatic N) is 3. The number of anilines is 1. The van der Waals surface area contributed by atoms with E-state index < -0.39 is 0 Å². The van der Waals surface area contributed by atoms with Gasteiger partial charge in [0.05, 0.1) is 6.20 Å². The van der Waals surface area contributed by atoms with Gasteiger partial charge >= 0.3 is 0 Å². The molecule has 0 spiro atoms. The van der Waals surface area contributed by atoms with Crippen LogP contribution in [0, 0.1) is 0 Å². The number of fused-ring (bicyclic) bond motifs is 1. The SMILES string of the molecule is CC.Nc1cnc2ncoc2n1. The first-order valence-electron chi connectivity index (χ1n) is 3.68. The Labute approximate surface area is 69.6 Å². The fraction of sp³-hybridized carbons (Fsp3) is 0.286. The predicted molar refractivity (Wildman–Crippen MR) is 45.4 cm³/mol. The Hall–Kier alpha value is -1.65. The molecule has 0 aliphatic rings. The molecule has 0 saturated heterocycles. The molecule has 5 nitrogen and oxygen atoms in total. The minimum Gasteiger partial charge on any atom is -0.424 e. The minimum absolute atomic E-state index is 0.337. The lowest BCUT2D eigenvalue weighted by Crippen LogP contribution is -1.90. The molecule has 64 valence electrons. The Balaban J connectivity index is 0.000000336. The quantitative estimate of drug-likeness (QED) is 0.636. The first-order chi connectivity index (χ1) is 5.86. The van der Waals surface area contributed by atoms with Gasteiger partial charge in [0.25, 0.3) is 5.71 Å². The fourth-order valence-corrected chi connectivity index (χ4v) is 0.672. The molecule has 0 bridgehead atoms. The maximum atomic E-state index is 5.32. The van der Waals surface area contributed by atoms with Gasteiger partial charge in [0.1, 0.15) is 5.82 Å². The molecule has 2 heterocycles. The van der Waals surface area contributed by atoms with Crippen LogP contribution in [-0.4, -0.2) is 15.0 Å². The Kier molecular flexibility index (Phi) is 2.57. The summed E-state index contributed by atoms with van der Waals surface area (Å²) < 4.78 is 4.83. The van der Waals surface area contributed by atoms with Gasteiger partial charge in [-0.15, -0.1) is 0 Å². The maximum absolute atomic E-state index is 5.32. The molecule has 0 saturated carbocycles. The molecular weight excluding hydrogens is 156 g/mol. The largest absolute Gasteiger partial charge is 0.424 e. The molecule has 0 atom stereocenters. The fourth-order valence-electron chi connectivity index (χ4n) is 0.672. The lowest BCUT2D eigenvalue weighted by molar-refractivity contribution is 0.591. The molecule has 0 aromatic carbocycles. The van der Waals surface area contributed by atoms with Gasteiger partial charge in [-0.25, -0.2) is 4.98 Å². The normalized spacial score (nSPS) is 9.17. The average molecular weight is 166 g/mol. The van der Waals surface area contributed by atoms with Gasteiger partial charge < -0.3 is 10.2 Å². The second-order valence-corrected chi connectivity index (χ2v) is 1.78. The number of nitrogens with two attached hydrogens (primary N) is 1. The van der Waals surface area contributed by atoms with E-state index in [-0.39, 0.29) is 0 Å². The smallest absolute Gasteiger partial charge is 0.268 e. The van der Waals surface area contributed by atoms with E-state index in [1.54, 1.807) is 0 Å². The number of nitrogen functional groups attached to an aromatic ring is 1. The first-order valence-corrected chi connectivity index (χ1v) is 3.68. The summed E-state index contributed by atoms with van der Waals surface area (Å²) in [6.45, 7) is 4.00. The number of rotatable bonds is 0. The second kappa shape index (κ2) is 3.66. The predicted octanol–water partition coefficient (Wildman–Crippen LogP) is 1.23. The lowest BCUT2D eigenvalue weighted by atomic mass is 10.6. The van der Waals surface area contributed by atoms with Gasteiger partial charge in [-0.05, 0) is 0 Å². The van der Waals surface area contributed by atoms with Crippen LogP contribution in [0.2, 0.25) is 0 Å². The van der Waals surface area contributed by atoms with E-state index in [0.717, 1.165) is 0 Å². The molecule has 0 fully saturated rings. The van der Waals surface area contributed by atoms with Crippen molar-refractivity contribution in [3.05, 3.63) is 12.6 Å². The van der Waals surface area contributed by atoms with Crippen LogP contribution < -0.4 is 5.73 Å². The van der Waals surface area contributed by atoms with Crippen molar-refractivity contribution >= 4 is 17.2 Å². The molecule has 2 aromatic heterocycles. The lowest BCUT2D eigenvalue weighted by Gasteiger charge is -1.86. The molecule has 12 heavy (non-hydrogen) atoms. The molecule has 0 aliphatic carbocycles. The third kappa shape index (κ3) is 1.50. The molecule has 0 radical (unpaired) electrons. The van der Waals surface area contributed by atoms with Crippen LogP contribution in [0.1, 0.15) is 13.8 Å². The topological polar surface area (TPSA) is 77.8 Å². The zero-order valence-corrected chi connectivity index (χ0v) is 6.98. The van der Waals surface area contributed by atoms with Crippen molar-refractivity contribution in [3.63, 3.8) is 0 Å². The van der Waals surface area contributed by atoms with Crippen LogP contribution >= 0.6 is 0 Å². The summed E-state index contributed by atoms with van der Waals surface area (Å²) in [5.41, 5.74) is 6.18. The Morgan fingerprint density at radius 2 is 2.08 bits per heavy atom. The van der Waals surface area contributed by atoms with Crippen LogP contribution in [0.4, 0.5) is 5.82 Å². The van der Waals surface area contributed by atoms with Crippen LogP contribution in [0.5, 0.6) is 0 Å². The van der Waals surface area contributed by atoms with E-state index in [1.165, 1.54) is 12.6 Å². The number of hydrogen-bond donors (Lipinski definition) is 1. The Morgan fingerprint density at radius 3 is 2.83 bits per heavy atom. The Morgan fingerprint density at radius 1 is 1.33 bits per heavy atom. The highest BCUT2D eigenvalue weighted by Gasteiger charge is 1.99. The highest BCUT2D eigenvalue weighted by molar-refractivity contribution is 5.63. The van der Waals surface area contributed by atoms with Crippen molar-refractivity contribution in [1.82, 2.24) is 15.0 Å². The van der Waals surface area contributed by atoms with Crippen LogP contribution in [0.3, 0.4) is 0 Å². The van der Waals surface area contributed by atoms with Crippen molar-refractivity contribution in [2.45, 2.75) is 13.8 Å². The van der Waals surface area contributed by atoms with Crippen LogP contribution in [0.15, 0.2) is 17.0 Å². The van der Waals surface area contributed by atoms with Gasteiger partial charge in [-0.1, -0.05) is 13.8 Å². The zero-order valence-electron chi connectivity index (χ0n) is 6.98. The van der Waals surface area contributed by atoms with E-state index in [1.807, 2.05) is 13.8 Å². The standard InChI is InChI=1S/C5H4N4O.C2H6/c6-3-1-7-4-5(9-3)10-2-8-4;1-2/h1-2H,(H2,6,9);1-2H3. The van der Waals surface area contributed by atoms with Gasteiger partial charge in [0.2, 0.25) is 5.65 Å². The summed E-state index contributed by atoms with van der Waals surface area (Å²) in [6.07, 6.45) is 2.72. The molecule has 2 rings (SSSR count). The number of oxazole rings is 1. The zero-order chi connectivity index (χ0) is 8.97. The minimum atomic E-state index is 0.337. The summed E-state index contributed by atoms with van der Waals surface area (Å²) in [5, 5.41) is 0. The van der Waals surface area contributed by atoms with Crippen molar-refractivity contribution in [1.29, 1.82) is 0 Å². The highest BCUT2D eigenvalue weighted by Crippen LogP contribution is 2.06. The molecule has 0 aliphatic heterocycles. The van der Waals surface area contributed by atoms with Crippen molar-refractivity contribution in [3.8, 4) is 0 Å². The highest BCUT2D eigenvalue weighted by atomic mass is 16.3. The van der Waals surface area contributed by atoms with Crippen LogP contribution in [0.25, 0.3) is 11.4 Å². The van der Waals surface area contributed by atoms with Gasteiger partial charge in [0.15, 0.2) is 6.39 Å². The average Bonchev–Trinajstić information content (AvgIpc) is 2.54. The van der Waals surface area contributed by atoms with E-state index in [4.69, 9.17) is 10.2 Å². The van der Waals surface area contributed by atoms with Crippen LogP contribution in [-0.2, 0) is 0 Å². The summed E-state index contributed by atoms with van der Waals surface area (Å²) >= 11 is 0. The molecule has 2 aromatic rings. The van der Waals surface area contributed by atoms with E-state index in [9.17, 15) is 0 Å². The maximum Gasteiger partial charge on any atom is 0.268 e.